The first kappa shape index (κ1) is 20.0. The predicted octanol–water partition coefficient (Wildman–Crippen LogP) is 3.19. The van der Waals surface area contributed by atoms with Crippen LogP contribution in [0.1, 0.15) is 41.2 Å². The van der Waals surface area contributed by atoms with Crippen LogP contribution in [0.25, 0.3) is 0 Å². The van der Waals surface area contributed by atoms with E-state index in [4.69, 9.17) is 9.26 Å². The van der Waals surface area contributed by atoms with Gasteiger partial charge in [0.05, 0.1) is 11.3 Å². The summed E-state index contributed by atoms with van der Waals surface area (Å²) in [5, 5.41) is 6.93. The van der Waals surface area contributed by atoms with E-state index in [1.54, 1.807) is 12.1 Å². The van der Waals surface area contributed by atoms with Crippen molar-refractivity contribution >= 4 is 5.91 Å². The van der Waals surface area contributed by atoms with E-state index in [0.717, 1.165) is 23.6 Å². The first-order valence-electron chi connectivity index (χ1n) is 8.75. The highest BCUT2D eigenvalue weighted by molar-refractivity contribution is 5.94. The van der Waals surface area contributed by atoms with Crippen molar-refractivity contribution in [3.8, 4) is 5.75 Å². The lowest BCUT2D eigenvalue weighted by molar-refractivity contribution is 0.0928. The molecular weight excluding hydrogens is 330 g/mol. The van der Waals surface area contributed by atoms with Crippen molar-refractivity contribution in [2.45, 2.75) is 34.3 Å². The Hall–Kier alpha value is -2.34. The van der Waals surface area contributed by atoms with Gasteiger partial charge >= 0.3 is 0 Å². The second-order valence-electron chi connectivity index (χ2n) is 7.70. The van der Waals surface area contributed by atoms with Crippen LogP contribution in [0.5, 0.6) is 5.75 Å². The smallest absolute Gasteiger partial charge is 0.251 e. The van der Waals surface area contributed by atoms with Gasteiger partial charge in [0, 0.05) is 18.7 Å². The maximum absolute atomic E-state index is 12.5. The van der Waals surface area contributed by atoms with Crippen LogP contribution in [0.15, 0.2) is 28.8 Å². The average molecular weight is 359 g/mol. The van der Waals surface area contributed by atoms with Crippen molar-refractivity contribution in [2.75, 3.05) is 27.2 Å². The van der Waals surface area contributed by atoms with Gasteiger partial charge in [-0.15, -0.1) is 0 Å². The summed E-state index contributed by atoms with van der Waals surface area (Å²) in [5.41, 5.74) is 2.34. The Morgan fingerprint density at radius 1 is 1.31 bits per heavy atom. The molecule has 0 atom stereocenters. The van der Waals surface area contributed by atoms with Gasteiger partial charge in [-0.05, 0) is 51.6 Å². The minimum Gasteiger partial charge on any atom is -0.489 e. The maximum atomic E-state index is 12.5. The number of rotatable bonds is 8. The van der Waals surface area contributed by atoms with Crippen LogP contribution in [0.3, 0.4) is 0 Å². The van der Waals surface area contributed by atoms with Crippen LogP contribution < -0.4 is 10.1 Å². The topological polar surface area (TPSA) is 67.6 Å². The molecule has 1 aromatic carbocycles. The Balaban J connectivity index is 1.96. The lowest BCUT2D eigenvalue weighted by Crippen LogP contribution is -2.39. The molecule has 0 spiro atoms. The van der Waals surface area contributed by atoms with Gasteiger partial charge in [-0.25, -0.2) is 0 Å². The molecule has 2 aromatic rings. The quantitative estimate of drug-likeness (QED) is 0.784. The third kappa shape index (κ3) is 5.59. The fourth-order valence-corrected chi connectivity index (χ4v) is 2.92. The van der Waals surface area contributed by atoms with Gasteiger partial charge in [-0.2, -0.15) is 0 Å². The normalized spacial score (nSPS) is 11.7. The van der Waals surface area contributed by atoms with Crippen LogP contribution in [0.4, 0.5) is 0 Å². The summed E-state index contributed by atoms with van der Waals surface area (Å²) < 4.78 is 11.0. The summed E-state index contributed by atoms with van der Waals surface area (Å²) in [7, 11) is 4.06. The minimum atomic E-state index is -0.0976. The summed E-state index contributed by atoms with van der Waals surface area (Å²) in [6.07, 6.45) is 0. The first-order valence-corrected chi connectivity index (χ1v) is 8.75. The van der Waals surface area contributed by atoms with Gasteiger partial charge in [0.15, 0.2) is 0 Å². The largest absolute Gasteiger partial charge is 0.489 e. The van der Waals surface area contributed by atoms with E-state index in [2.05, 4.69) is 29.2 Å². The summed E-state index contributed by atoms with van der Waals surface area (Å²) in [6, 6.07) is 7.21. The zero-order valence-corrected chi connectivity index (χ0v) is 16.5. The molecule has 1 amide bonds. The van der Waals surface area contributed by atoms with Crippen molar-refractivity contribution in [3.05, 3.63) is 46.8 Å². The third-order valence-electron chi connectivity index (χ3n) is 4.13. The lowest BCUT2D eigenvalue weighted by Gasteiger charge is -2.28. The molecule has 0 aliphatic heterocycles. The van der Waals surface area contributed by atoms with E-state index >= 15 is 0 Å². The summed E-state index contributed by atoms with van der Waals surface area (Å²) in [6.45, 7) is 9.88. The summed E-state index contributed by atoms with van der Waals surface area (Å²) in [5.74, 6) is 1.30. The molecule has 6 nitrogen and oxygen atoms in total. The molecule has 0 aliphatic carbocycles. The van der Waals surface area contributed by atoms with Gasteiger partial charge in [0.25, 0.3) is 5.91 Å². The molecular formula is C20H29N3O3. The molecule has 1 N–H and O–H groups in total. The van der Waals surface area contributed by atoms with Crippen LogP contribution in [-0.4, -0.2) is 43.1 Å². The minimum absolute atomic E-state index is 0.00337. The van der Waals surface area contributed by atoms with Gasteiger partial charge in [-0.1, -0.05) is 25.1 Å². The van der Waals surface area contributed by atoms with Crippen molar-refractivity contribution in [3.63, 3.8) is 0 Å². The predicted molar refractivity (Wildman–Crippen MR) is 101 cm³/mol. The number of nitrogens with zero attached hydrogens (tertiary/aromatic N) is 2. The van der Waals surface area contributed by atoms with Gasteiger partial charge in [0.1, 0.15) is 18.1 Å². The number of aromatic nitrogens is 1. The van der Waals surface area contributed by atoms with E-state index in [-0.39, 0.29) is 11.3 Å². The second kappa shape index (κ2) is 8.36. The molecule has 0 fully saturated rings. The molecule has 1 heterocycles. The number of hydrogen-bond donors (Lipinski definition) is 1. The van der Waals surface area contributed by atoms with Crippen LogP contribution in [0.2, 0.25) is 0 Å². The first-order chi connectivity index (χ1) is 12.2. The molecule has 0 radical (unpaired) electrons. The Labute approximate surface area is 155 Å². The standard InChI is InChI=1S/C20H29N3O3/c1-14-18(15(2)26-22-14)11-25-17-9-7-8-16(10-17)19(24)21-12-20(3,4)13-23(5)6/h7-10H,11-13H2,1-6H3,(H,21,24). The number of carbonyl (C=O) groups excluding carboxylic acids is 1. The zero-order valence-electron chi connectivity index (χ0n) is 16.5. The van der Waals surface area contributed by atoms with Crippen molar-refractivity contribution in [2.24, 2.45) is 5.41 Å². The number of nitrogens with one attached hydrogen (secondary N) is 1. The highest BCUT2D eigenvalue weighted by atomic mass is 16.5. The van der Waals surface area contributed by atoms with Crippen LogP contribution in [-0.2, 0) is 6.61 Å². The fraction of sp³-hybridized carbons (Fsp3) is 0.500. The van der Waals surface area contributed by atoms with E-state index in [0.29, 0.717) is 24.5 Å². The van der Waals surface area contributed by atoms with E-state index < -0.39 is 0 Å². The van der Waals surface area contributed by atoms with Gasteiger partial charge in [0.2, 0.25) is 0 Å². The average Bonchev–Trinajstić information content (AvgIpc) is 2.88. The van der Waals surface area contributed by atoms with Crippen LogP contribution in [0, 0.1) is 19.3 Å². The fourth-order valence-electron chi connectivity index (χ4n) is 2.92. The Morgan fingerprint density at radius 3 is 2.65 bits per heavy atom. The highest BCUT2D eigenvalue weighted by Crippen LogP contribution is 2.19. The number of aryl methyl sites for hydroxylation is 2. The Bertz CT molecular complexity index is 731. The number of hydrogen-bond acceptors (Lipinski definition) is 5. The molecule has 0 aliphatic rings. The maximum Gasteiger partial charge on any atom is 0.251 e. The van der Waals surface area contributed by atoms with Gasteiger partial charge in [-0.3, -0.25) is 4.79 Å². The van der Waals surface area contributed by atoms with Crippen LogP contribution >= 0.6 is 0 Å². The monoisotopic (exact) mass is 359 g/mol. The molecule has 0 saturated carbocycles. The zero-order chi connectivity index (χ0) is 19.3. The molecule has 0 saturated heterocycles. The van der Waals surface area contributed by atoms with Crippen molar-refractivity contribution in [1.82, 2.24) is 15.4 Å². The number of benzene rings is 1. The van der Waals surface area contributed by atoms with Crippen molar-refractivity contribution < 1.29 is 14.1 Å². The third-order valence-corrected chi connectivity index (χ3v) is 4.13. The van der Waals surface area contributed by atoms with E-state index in [1.807, 2.05) is 40.1 Å². The highest BCUT2D eigenvalue weighted by Gasteiger charge is 2.20. The number of amides is 1. The molecule has 142 valence electrons. The molecule has 1 aromatic heterocycles. The van der Waals surface area contributed by atoms with Crippen molar-refractivity contribution in [1.29, 1.82) is 0 Å². The molecule has 26 heavy (non-hydrogen) atoms. The molecule has 6 heteroatoms. The summed E-state index contributed by atoms with van der Waals surface area (Å²) in [4.78, 5) is 14.6. The summed E-state index contributed by atoms with van der Waals surface area (Å²) >= 11 is 0. The van der Waals surface area contributed by atoms with E-state index in [1.165, 1.54) is 0 Å². The Morgan fingerprint density at radius 2 is 2.04 bits per heavy atom. The second-order valence-corrected chi connectivity index (χ2v) is 7.70. The molecule has 0 bridgehead atoms. The number of carbonyl (C=O) groups is 1. The number of ether oxygens (including phenoxy) is 1. The molecule has 0 unspecified atom stereocenters. The lowest BCUT2D eigenvalue weighted by atomic mass is 9.93. The SMILES string of the molecule is Cc1noc(C)c1COc1cccc(C(=O)NCC(C)(C)CN(C)C)c1. The van der Waals surface area contributed by atoms with Gasteiger partial charge < -0.3 is 19.5 Å². The molecule has 2 rings (SSSR count). The van der Waals surface area contributed by atoms with E-state index in [9.17, 15) is 4.79 Å². The Kier molecular flexibility index (Phi) is 6.42.